The number of carbonyl (C=O) groups is 1. The molecular weight excluding hydrogens is 256 g/mol. The molecule has 102 valence electrons. The maximum Gasteiger partial charge on any atom is 0.305 e. The summed E-state index contributed by atoms with van der Waals surface area (Å²) in [6, 6.07) is 9.28. The summed E-state index contributed by atoms with van der Waals surface area (Å²) in [5.41, 5.74) is 10.4. The molecule has 0 N–H and O–H groups in total. The van der Waals surface area contributed by atoms with Gasteiger partial charge in [-0.2, -0.15) is 0 Å². The third-order valence-electron chi connectivity index (χ3n) is 2.96. The summed E-state index contributed by atoms with van der Waals surface area (Å²) in [5, 5.41) is 4.66. The molecule has 0 aliphatic rings. The first kappa shape index (κ1) is 13.8. The first-order chi connectivity index (χ1) is 9.72. The number of hydrogen-bond acceptors (Lipinski definition) is 4. The lowest BCUT2D eigenvalue weighted by Gasteiger charge is -2.10. The zero-order valence-electron chi connectivity index (χ0n) is 11.1. The Labute approximate surface area is 116 Å². The van der Waals surface area contributed by atoms with Crippen molar-refractivity contribution < 1.29 is 9.53 Å². The van der Waals surface area contributed by atoms with Crippen molar-refractivity contribution in [2.45, 2.75) is 18.9 Å². The van der Waals surface area contributed by atoms with Crippen LogP contribution >= 0.6 is 0 Å². The minimum Gasteiger partial charge on any atom is -0.469 e. The fourth-order valence-electron chi connectivity index (χ4n) is 2.00. The van der Waals surface area contributed by atoms with Gasteiger partial charge in [-0.05, 0) is 29.6 Å². The highest BCUT2D eigenvalue weighted by Crippen LogP contribution is 2.16. The second-order valence-electron chi connectivity index (χ2n) is 4.38. The molecule has 1 aromatic heterocycles. The Morgan fingerprint density at radius 2 is 2.30 bits per heavy atom. The third-order valence-corrected chi connectivity index (χ3v) is 2.96. The average Bonchev–Trinajstić information content (AvgIpc) is 2.47. The number of fused-ring (bicyclic) bond motifs is 1. The Morgan fingerprint density at radius 1 is 1.50 bits per heavy atom. The number of nitrogens with zero attached hydrogens (tertiary/aromatic N) is 4. The number of methoxy groups -OCH3 is 1. The Balaban J connectivity index is 2.19. The summed E-state index contributed by atoms with van der Waals surface area (Å²) < 4.78 is 4.60. The van der Waals surface area contributed by atoms with Crippen molar-refractivity contribution in [2.24, 2.45) is 5.11 Å². The molecule has 1 aromatic carbocycles. The van der Waals surface area contributed by atoms with E-state index >= 15 is 0 Å². The van der Waals surface area contributed by atoms with Crippen molar-refractivity contribution in [1.29, 1.82) is 0 Å². The van der Waals surface area contributed by atoms with Gasteiger partial charge in [0.1, 0.15) is 0 Å². The van der Waals surface area contributed by atoms with Crippen molar-refractivity contribution in [3.8, 4) is 0 Å². The molecule has 0 aliphatic carbocycles. The topological polar surface area (TPSA) is 88.0 Å². The lowest BCUT2D eigenvalue weighted by Crippen LogP contribution is -2.15. The molecule has 0 bridgehead atoms. The highest BCUT2D eigenvalue weighted by Gasteiger charge is 2.14. The molecule has 1 heterocycles. The lowest BCUT2D eigenvalue weighted by atomic mass is 10.0. The molecule has 0 radical (unpaired) electrons. The second-order valence-corrected chi connectivity index (χ2v) is 4.38. The van der Waals surface area contributed by atoms with E-state index in [-0.39, 0.29) is 6.42 Å². The summed E-state index contributed by atoms with van der Waals surface area (Å²) in [4.78, 5) is 18.4. The molecule has 0 unspecified atom stereocenters. The first-order valence-electron chi connectivity index (χ1n) is 6.17. The minimum atomic E-state index is -0.463. The number of esters is 1. The van der Waals surface area contributed by atoms with Crippen molar-refractivity contribution in [3.63, 3.8) is 0 Å². The third kappa shape index (κ3) is 3.46. The van der Waals surface area contributed by atoms with Crippen LogP contribution in [0.25, 0.3) is 21.3 Å². The smallest absolute Gasteiger partial charge is 0.305 e. The van der Waals surface area contributed by atoms with Crippen molar-refractivity contribution >= 4 is 16.9 Å². The largest absolute Gasteiger partial charge is 0.469 e. The predicted octanol–water partition coefficient (Wildman–Crippen LogP) is 3.02. The Hall–Kier alpha value is -2.59. The number of ether oxygens (including phenoxy) is 1. The molecule has 2 rings (SSSR count). The van der Waals surface area contributed by atoms with Crippen molar-refractivity contribution in [3.05, 3.63) is 52.5 Å². The molecule has 0 aliphatic heterocycles. The van der Waals surface area contributed by atoms with Gasteiger partial charge in [-0.25, -0.2) is 0 Å². The molecule has 0 fully saturated rings. The number of carbonyl (C=O) groups excluding carboxylic acids is 1. The van der Waals surface area contributed by atoms with Crippen LogP contribution in [0.5, 0.6) is 0 Å². The highest BCUT2D eigenvalue weighted by atomic mass is 16.5. The van der Waals surface area contributed by atoms with Gasteiger partial charge in [0.25, 0.3) is 0 Å². The van der Waals surface area contributed by atoms with Crippen molar-refractivity contribution in [1.82, 2.24) is 4.98 Å². The zero-order valence-corrected chi connectivity index (χ0v) is 11.1. The van der Waals surface area contributed by atoms with Gasteiger partial charge in [-0.1, -0.05) is 23.3 Å². The fourth-order valence-corrected chi connectivity index (χ4v) is 2.00. The standard InChI is InChI=1S/C14H14N4O2/c1-20-14(19)8-12(17-18-15)7-10-6-11-4-2-3-5-13(11)16-9-10/h2-6,9,12H,7-8H2,1H3/t12-/m1/s1. The number of benzene rings is 1. The van der Waals surface area contributed by atoms with Crippen molar-refractivity contribution in [2.75, 3.05) is 7.11 Å². The monoisotopic (exact) mass is 270 g/mol. The zero-order chi connectivity index (χ0) is 14.4. The predicted molar refractivity (Wildman–Crippen MR) is 75.0 cm³/mol. The Morgan fingerprint density at radius 3 is 3.05 bits per heavy atom. The summed E-state index contributed by atoms with van der Waals surface area (Å²) in [6.07, 6.45) is 2.25. The fraction of sp³-hybridized carbons (Fsp3) is 0.286. The van der Waals surface area contributed by atoms with E-state index in [1.165, 1.54) is 7.11 Å². The van der Waals surface area contributed by atoms with Gasteiger partial charge in [-0.3, -0.25) is 9.78 Å². The van der Waals surface area contributed by atoms with Crippen LogP contribution in [0.1, 0.15) is 12.0 Å². The van der Waals surface area contributed by atoms with E-state index in [0.717, 1.165) is 16.5 Å². The Kier molecular flexibility index (Phi) is 4.52. The van der Waals surface area contributed by atoms with Gasteiger partial charge < -0.3 is 4.74 Å². The van der Waals surface area contributed by atoms with Crippen LogP contribution in [0.3, 0.4) is 0 Å². The van der Waals surface area contributed by atoms with E-state index in [4.69, 9.17) is 5.53 Å². The van der Waals surface area contributed by atoms with E-state index < -0.39 is 12.0 Å². The molecule has 20 heavy (non-hydrogen) atoms. The molecule has 0 spiro atoms. The quantitative estimate of drug-likeness (QED) is 0.362. The number of hydrogen-bond donors (Lipinski definition) is 0. The van der Waals surface area contributed by atoms with Crippen LogP contribution in [0.4, 0.5) is 0 Å². The van der Waals surface area contributed by atoms with E-state index in [0.29, 0.717) is 6.42 Å². The average molecular weight is 270 g/mol. The second kappa shape index (κ2) is 6.54. The van der Waals surface area contributed by atoms with Gasteiger partial charge in [0.15, 0.2) is 0 Å². The van der Waals surface area contributed by atoms with Gasteiger partial charge in [0, 0.05) is 16.5 Å². The van der Waals surface area contributed by atoms with Gasteiger partial charge in [0.2, 0.25) is 0 Å². The minimum absolute atomic E-state index is 0.0629. The SMILES string of the molecule is COC(=O)C[C@@H](Cc1cnc2ccccc2c1)N=[N+]=[N-]. The number of rotatable bonds is 5. The van der Waals surface area contributed by atoms with Crippen LogP contribution in [0.2, 0.25) is 0 Å². The van der Waals surface area contributed by atoms with Crippen LogP contribution in [-0.2, 0) is 16.0 Å². The highest BCUT2D eigenvalue weighted by molar-refractivity contribution is 5.78. The number of aromatic nitrogens is 1. The normalized spacial score (nSPS) is 11.7. The lowest BCUT2D eigenvalue weighted by molar-refractivity contribution is -0.140. The van der Waals surface area contributed by atoms with E-state index in [9.17, 15) is 4.79 Å². The van der Waals surface area contributed by atoms with Crippen LogP contribution in [-0.4, -0.2) is 24.1 Å². The molecule has 2 aromatic rings. The molecular formula is C14H14N4O2. The number of azide groups is 1. The number of para-hydroxylation sites is 1. The molecule has 0 saturated heterocycles. The number of pyridine rings is 1. The molecule has 6 nitrogen and oxygen atoms in total. The summed E-state index contributed by atoms with van der Waals surface area (Å²) in [7, 11) is 1.31. The summed E-state index contributed by atoms with van der Waals surface area (Å²) in [5.74, 6) is -0.392. The van der Waals surface area contributed by atoms with Gasteiger partial charge in [-0.15, -0.1) is 0 Å². The van der Waals surface area contributed by atoms with Crippen LogP contribution in [0.15, 0.2) is 41.6 Å². The molecule has 6 heteroatoms. The molecule has 0 saturated carbocycles. The molecule has 0 amide bonds. The summed E-state index contributed by atoms with van der Waals surface area (Å²) in [6.45, 7) is 0. The molecule has 1 atom stereocenters. The van der Waals surface area contributed by atoms with Gasteiger partial charge >= 0.3 is 5.97 Å². The first-order valence-corrected chi connectivity index (χ1v) is 6.17. The Bertz CT molecular complexity index is 665. The maximum atomic E-state index is 11.3. The maximum absolute atomic E-state index is 11.3. The van der Waals surface area contributed by atoms with E-state index in [2.05, 4.69) is 19.7 Å². The van der Waals surface area contributed by atoms with E-state index in [1.54, 1.807) is 6.20 Å². The van der Waals surface area contributed by atoms with E-state index in [1.807, 2.05) is 30.3 Å². The van der Waals surface area contributed by atoms with Gasteiger partial charge in [0.05, 0.1) is 25.1 Å². The summed E-state index contributed by atoms with van der Waals surface area (Å²) >= 11 is 0. The van der Waals surface area contributed by atoms with Crippen LogP contribution < -0.4 is 0 Å². The van der Waals surface area contributed by atoms with Crippen LogP contribution in [0, 0.1) is 0 Å².